The molecule has 0 aliphatic carbocycles. The quantitative estimate of drug-likeness (QED) is 0.742. The van der Waals surface area contributed by atoms with Gasteiger partial charge in [0.25, 0.3) is 0 Å². The molecule has 2 heteroatoms. The molecule has 0 spiro atoms. The van der Waals surface area contributed by atoms with Crippen molar-refractivity contribution in [3.8, 4) is 0 Å². The fourth-order valence-electron chi connectivity index (χ4n) is 2.64. The highest BCUT2D eigenvalue weighted by Gasteiger charge is 2.24. The minimum absolute atomic E-state index is 0.267. The Morgan fingerprint density at radius 1 is 1.33 bits per heavy atom. The number of likely N-dealkylation sites (tertiary alicyclic amines) is 1. The molecule has 1 aliphatic heterocycles. The SMILES string of the molecule is CC(C)C1CCN(CCC(=O)c2ccccc2)C1. The van der Waals surface area contributed by atoms with Crippen LogP contribution in [0.2, 0.25) is 0 Å². The molecule has 1 atom stereocenters. The van der Waals surface area contributed by atoms with E-state index in [0.717, 1.165) is 30.5 Å². The van der Waals surface area contributed by atoms with Crippen LogP contribution >= 0.6 is 0 Å². The Hall–Kier alpha value is -1.15. The predicted molar refractivity (Wildman–Crippen MR) is 74.8 cm³/mol. The number of hydrogen-bond acceptors (Lipinski definition) is 2. The van der Waals surface area contributed by atoms with Crippen LogP contribution in [0.5, 0.6) is 0 Å². The van der Waals surface area contributed by atoms with Gasteiger partial charge in [-0.25, -0.2) is 0 Å². The summed E-state index contributed by atoms with van der Waals surface area (Å²) in [5.74, 6) is 1.85. The zero-order valence-corrected chi connectivity index (χ0v) is 11.4. The maximum atomic E-state index is 12.0. The third-order valence-electron chi connectivity index (χ3n) is 4.00. The van der Waals surface area contributed by atoms with E-state index in [1.807, 2.05) is 30.3 Å². The van der Waals surface area contributed by atoms with Crippen molar-refractivity contribution in [2.75, 3.05) is 19.6 Å². The second-order valence-electron chi connectivity index (χ2n) is 5.63. The molecule has 0 aromatic heterocycles. The zero-order valence-electron chi connectivity index (χ0n) is 11.4. The molecule has 18 heavy (non-hydrogen) atoms. The van der Waals surface area contributed by atoms with E-state index in [1.165, 1.54) is 13.0 Å². The van der Waals surface area contributed by atoms with Crippen LogP contribution in [0.4, 0.5) is 0 Å². The molecule has 2 rings (SSSR count). The Bertz CT molecular complexity index is 385. The van der Waals surface area contributed by atoms with Gasteiger partial charge in [0.2, 0.25) is 0 Å². The number of carbonyl (C=O) groups excluding carboxylic acids is 1. The van der Waals surface area contributed by atoms with Crippen LogP contribution in [0.3, 0.4) is 0 Å². The molecule has 1 aromatic carbocycles. The van der Waals surface area contributed by atoms with E-state index in [4.69, 9.17) is 0 Å². The molecule has 1 fully saturated rings. The fourth-order valence-corrected chi connectivity index (χ4v) is 2.64. The van der Waals surface area contributed by atoms with Crippen LogP contribution in [0.15, 0.2) is 30.3 Å². The molecule has 0 N–H and O–H groups in total. The highest BCUT2D eigenvalue weighted by molar-refractivity contribution is 5.96. The smallest absolute Gasteiger partial charge is 0.164 e. The molecule has 0 amide bonds. The molecule has 2 nitrogen and oxygen atoms in total. The monoisotopic (exact) mass is 245 g/mol. The molecule has 1 aliphatic rings. The lowest BCUT2D eigenvalue weighted by atomic mass is 9.95. The lowest BCUT2D eigenvalue weighted by Crippen LogP contribution is -2.24. The molecule has 1 unspecified atom stereocenters. The zero-order chi connectivity index (χ0) is 13.0. The Morgan fingerprint density at radius 2 is 2.06 bits per heavy atom. The average molecular weight is 245 g/mol. The summed E-state index contributed by atoms with van der Waals surface area (Å²) in [6.45, 7) is 7.83. The van der Waals surface area contributed by atoms with Crippen molar-refractivity contribution in [1.29, 1.82) is 0 Å². The number of Topliss-reactive ketones (excluding diaryl/α,β-unsaturated/α-hetero) is 1. The van der Waals surface area contributed by atoms with Crippen LogP contribution in [-0.2, 0) is 0 Å². The summed E-state index contributed by atoms with van der Waals surface area (Å²) in [5, 5.41) is 0. The first-order valence-electron chi connectivity index (χ1n) is 6.97. The van der Waals surface area contributed by atoms with Gasteiger partial charge >= 0.3 is 0 Å². The maximum Gasteiger partial charge on any atom is 0.164 e. The number of hydrogen-bond donors (Lipinski definition) is 0. The third-order valence-corrected chi connectivity index (χ3v) is 4.00. The summed E-state index contributed by atoms with van der Waals surface area (Å²) in [7, 11) is 0. The van der Waals surface area contributed by atoms with Crippen LogP contribution in [0.1, 0.15) is 37.0 Å². The van der Waals surface area contributed by atoms with Crippen LogP contribution in [0.25, 0.3) is 0 Å². The lowest BCUT2D eigenvalue weighted by molar-refractivity contribution is 0.0968. The van der Waals surface area contributed by atoms with E-state index in [1.54, 1.807) is 0 Å². The summed E-state index contributed by atoms with van der Waals surface area (Å²) in [5.41, 5.74) is 0.845. The molecule has 1 heterocycles. The highest BCUT2D eigenvalue weighted by Crippen LogP contribution is 2.23. The second kappa shape index (κ2) is 6.14. The van der Waals surface area contributed by atoms with E-state index < -0.39 is 0 Å². The molecule has 0 saturated carbocycles. The fraction of sp³-hybridized carbons (Fsp3) is 0.562. The van der Waals surface area contributed by atoms with Crippen molar-refractivity contribution in [3.05, 3.63) is 35.9 Å². The standard InChI is InChI=1S/C16H23NO/c1-13(2)15-8-10-17(12-15)11-9-16(18)14-6-4-3-5-7-14/h3-7,13,15H,8-12H2,1-2H3. The largest absolute Gasteiger partial charge is 0.303 e. The molecule has 0 bridgehead atoms. The topological polar surface area (TPSA) is 20.3 Å². The Morgan fingerprint density at radius 3 is 2.67 bits per heavy atom. The van der Waals surface area contributed by atoms with Crippen LogP contribution in [0, 0.1) is 11.8 Å². The highest BCUT2D eigenvalue weighted by atomic mass is 16.1. The van der Waals surface area contributed by atoms with E-state index in [2.05, 4.69) is 18.7 Å². The normalized spacial score (nSPS) is 20.5. The van der Waals surface area contributed by atoms with Crippen molar-refractivity contribution in [1.82, 2.24) is 4.90 Å². The van der Waals surface area contributed by atoms with Gasteiger partial charge in [0.15, 0.2) is 5.78 Å². The number of ketones is 1. The van der Waals surface area contributed by atoms with Crippen molar-refractivity contribution < 1.29 is 4.79 Å². The van der Waals surface area contributed by atoms with E-state index >= 15 is 0 Å². The van der Waals surface area contributed by atoms with Gasteiger partial charge in [-0.3, -0.25) is 4.79 Å². The Balaban J connectivity index is 1.78. The van der Waals surface area contributed by atoms with E-state index in [9.17, 15) is 4.79 Å². The van der Waals surface area contributed by atoms with Gasteiger partial charge in [0.05, 0.1) is 0 Å². The first kappa shape index (κ1) is 13.3. The van der Waals surface area contributed by atoms with Crippen molar-refractivity contribution in [3.63, 3.8) is 0 Å². The number of rotatable bonds is 5. The van der Waals surface area contributed by atoms with E-state index in [-0.39, 0.29) is 5.78 Å². The van der Waals surface area contributed by atoms with Crippen molar-refractivity contribution in [2.24, 2.45) is 11.8 Å². The van der Waals surface area contributed by atoms with Gasteiger partial charge in [-0.15, -0.1) is 0 Å². The minimum Gasteiger partial charge on any atom is -0.303 e. The van der Waals surface area contributed by atoms with Gasteiger partial charge < -0.3 is 4.90 Å². The maximum absolute atomic E-state index is 12.0. The molecule has 1 aromatic rings. The van der Waals surface area contributed by atoms with Gasteiger partial charge in [-0.1, -0.05) is 44.2 Å². The molecular formula is C16H23NO. The first-order valence-corrected chi connectivity index (χ1v) is 6.97. The molecule has 98 valence electrons. The number of carbonyl (C=O) groups is 1. The van der Waals surface area contributed by atoms with Gasteiger partial charge in [-0.05, 0) is 24.8 Å². The summed E-state index contributed by atoms with van der Waals surface area (Å²) in [4.78, 5) is 14.4. The van der Waals surface area contributed by atoms with E-state index in [0.29, 0.717) is 6.42 Å². The summed E-state index contributed by atoms with van der Waals surface area (Å²) in [6.07, 6.45) is 1.94. The van der Waals surface area contributed by atoms with Crippen molar-refractivity contribution >= 4 is 5.78 Å². The summed E-state index contributed by atoms with van der Waals surface area (Å²) < 4.78 is 0. The van der Waals surface area contributed by atoms with Gasteiger partial charge in [0.1, 0.15) is 0 Å². The molecule has 1 saturated heterocycles. The third kappa shape index (κ3) is 3.42. The Kier molecular flexibility index (Phi) is 4.54. The van der Waals surface area contributed by atoms with Gasteiger partial charge in [0, 0.05) is 25.1 Å². The lowest BCUT2D eigenvalue weighted by Gasteiger charge is -2.17. The number of nitrogens with zero attached hydrogens (tertiary/aromatic N) is 1. The molecule has 0 radical (unpaired) electrons. The second-order valence-corrected chi connectivity index (χ2v) is 5.63. The Labute approximate surface area is 110 Å². The van der Waals surface area contributed by atoms with Crippen molar-refractivity contribution in [2.45, 2.75) is 26.7 Å². The van der Waals surface area contributed by atoms with Crippen LogP contribution < -0.4 is 0 Å². The molecular weight excluding hydrogens is 222 g/mol. The first-order chi connectivity index (χ1) is 8.66. The van der Waals surface area contributed by atoms with Crippen LogP contribution in [-0.4, -0.2) is 30.3 Å². The van der Waals surface area contributed by atoms with Gasteiger partial charge in [-0.2, -0.15) is 0 Å². The minimum atomic E-state index is 0.267. The summed E-state index contributed by atoms with van der Waals surface area (Å²) >= 11 is 0. The summed E-state index contributed by atoms with van der Waals surface area (Å²) in [6, 6.07) is 9.62. The predicted octanol–water partition coefficient (Wildman–Crippen LogP) is 3.24. The number of benzene rings is 1. The average Bonchev–Trinajstić information content (AvgIpc) is 2.86.